The number of halogens is 1. The van der Waals surface area contributed by atoms with Crippen LogP contribution in [0.5, 0.6) is 0 Å². The molecule has 8 heteroatoms. The average Bonchev–Trinajstić information content (AvgIpc) is 3.42. The summed E-state index contributed by atoms with van der Waals surface area (Å²) >= 11 is 0. The third-order valence-corrected chi connectivity index (χ3v) is 11.9. The molecule has 0 amide bonds. The molecule has 0 spiro atoms. The number of hydrogen-bond acceptors (Lipinski definition) is 7. The van der Waals surface area contributed by atoms with Crippen molar-refractivity contribution in [2.24, 2.45) is 39.9 Å². The van der Waals surface area contributed by atoms with Gasteiger partial charge in [0.1, 0.15) is 0 Å². The van der Waals surface area contributed by atoms with Crippen LogP contribution in [0.4, 0.5) is 4.39 Å². The molecule has 1 aromatic carbocycles. The normalized spacial score (nSPS) is 42.2. The van der Waals surface area contributed by atoms with Gasteiger partial charge in [-0.3, -0.25) is 24.1 Å². The number of rotatable bonds is 6. The van der Waals surface area contributed by atoms with Crippen LogP contribution in [0.3, 0.4) is 0 Å². The Hall–Kier alpha value is -2.97. The first-order valence-electron chi connectivity index (χ1n) is 15.1. The monoisotopic (exact) mass is 577 g/mol. The zero-order valence-electron chi connectivity index (χ0n) is 24.8. The second kappa shape index (κ2) is 9.78. The predicted molar refractivity (Wildman–Crippen MR) is 153 cm³/mol. The van der Waals surface area contributed by atoms with E-state index in [2.05, 4.69) is 0 Å². The van der Waals surface area contributed by atoms with Crippen LogP contribution in [0.25, 0.3) is 0 Å². The largest absolute Gasteiger partial charge is 0.458 e. The van der Waals surface area contributed by atoms with Crippen LogP contribution in [0.15, 0.2) is 54.1 Å². The SMILES string of the molecule is CC(=O)OCC(=O)C12CN(CC(=O)c3ccccc3)CC1CC1C3CC(C)C4=CC(=O)C=CC4(C)C3(F)C(O)CC12C. The summed E-state index contributed by atoms with van der Waals surface area (Å²) in [6.07, 6.45) is 4.33. The van der Waals surface area contributed by atoms with Gasteiger partial charge in [0.25, 0.3) is 0 Å². The second-order valence-corrected chi connectivity index (χ2v) is 13.9. The molecule has 1 heterocycles. The lowest BCUT2D eigenvalue weighted by Gasteiger charge is -2.64. The molecule has 9 unspecified atom stereocenters. The molecule has 0 bridgehead atoms. The number of aliphatic hydroxyl groups excluding tert-OH is 1. The number of carbonyl (C=O) groups excluding carboxylic acids is 4. The van der Waals surface area contributed by atoms with Gasteiger partial charge in [-0.15, -0.1) is 0 Å². The Morgan fingerprint density at radius 3 is 2.52 bits per heavy atom. The number of carbonyl (C=O) groups is 4. The molecule has 0 aromatic heterocycles. The Morgan fingerprint density at radius 1 is 1.12 bits per heavy atom. The number of esters is 1. The third kappa shape index (κ3) is 3.83. The second-order valence-electron chi connectivity index (χ2n) is 13.9. The molecule has 1 aliphatic heterocycles. The molecule has 0 radical (unpaired) electrons. The molecule has 1 saturated heterocycles. The van der Waals surface area contributed by atoms with E-state index >= 15 is 4.39 Å². The van der Waals surface area contributed by atoms with Crippen LogP contribution in [0.1, 0.15) is 57.3 Å². The van der Waals surface area contributed by atoms with Gasteiger partial charge in [0, 0.05) is 36.9 Å². The summed E-state index contributed by atoms with van der Waals surface area (Å²) in [6.45, 7) is 7.62. The summed E-state index contributed by atoms with van der Waals surface area (Å²) in [5.74, 6) is -1.98. The Bertz CT molecular complexity index is 1410. The summed E-state index contributed by atoms with van der Waals surface area (Å²) in [4.78, 5) is 53.4. The Kier molecular flexibility index (Phi) is 6.78. The van der Waals surface area contributed by atoms with E-state index in [0.717, 1.165) is 5.57 Å². The molecule has 4 fully saturated rings. The molecule has 6 rings (SSSR count). The van der Waals surface area contributed by atoms with Gasteiger partial charge in [0.05, 0.1) is 18.1 Å². The Balaban J connectivity index is 1.38. The molecule has 5 aliphatic rings. The molecule has 9 atom stereocenters. The van der Waals surface area contributed by atoms with Crippen molar-refractivity contribution in [3.63, 3.8) is 0 Å². The highest BCUT2D eigenvalue weighted by Crippen LogP contribution is 2.74. The fourth-order valence-electron chi connectivity index (χ4n) is 10.1. The van der Waals surface area contributed by atoms with Crippen LogP contribution < -0.4 is 0 Å². The fourth-order valence-corrected chi connectivity index (χ4v) is 10.1. The van der Waals surface area contributed by atoms with E-state index in [1.54, 1.807) is 25.1 Å². The summed E-state index contributed by atoms with van der Waals surface area (Å²) in [6, 6.07) is 9.04. The fraction of sp³-hybridized carbons (Fsp3) is 0.588. The molecule has 7 nitrogen and oxygen atoms in total. The van der Waals surface area contributed by atoms with Gasteiger partial charge < -0.3 is 9.84 Å². The van der Waals surface area contributed by atoms with E-state index in [1.165, 1.54) is 19.1 Å². The van der Waals surface area contributed by atoms with Gasteiger partial charge in [-0.25, -0.2) is 4.39 Å². The van der Waals surface area contributed by atoms with Gasteiger partial charge in [-0.2, -0.15) is 0 Å². The quantitative estimate of drug-likeness (QED) is 0.401. The maximum Gasteiger partial charge on any atom is 0.303 e. The number of fused-ring (bicyclic) bond motifs is 7. The molecule has 1 N–H and O–H groups in total. The van der Waals surface area contributed by atoms with E-state index in [1.807, 2.05) is 36.9 Å². The van der Waals surface area contributed by atoms with E-state index in [9.17, 15) is 24.3 Å². The van der Waals surface area contributed by atoms with Crippen LogP contribution >= 0.6 is 0 Å². The predicted octanol–water partition coefficient (Wildman–Crippen LogP) is 4.15. The number of alkyl halides is 1. The maximum absolute atomic E-state index is 17.8. The summed E-state index contributed by atoms with van der Waals surface area (Å²) in [5, 5.41) is 11.8. The maximum atomic E-state index is 17.8. The highest BCUT2D eigenvalue weighted by atomic mass is 19.1. The smallest absolute Gasteiger partial charge is 0.303 e. The molecule has 224 valence electrons. The lowest BCUT2D eigenvalue weighted by atomic mass is 9.42. The van der Waals surface area contributed by atoms with Crippen molar-refractivity contribution in [3.05, 3.63) is 59.7 Å². The number of aliphatic hydroxyl groups is 1. The lowest BCUT2D eigenvalue weighted by Crippen LogP contribution is -2.69. The Morgan fingerprint density at radius 2 is 1.83 bits per heavy atom. The van der Waals surface area contributed by atoms with Gasteiger partial charge in [0.15, 0.2) is 29.6 Å². The van der Waals surface area contributed by atoms with Crippen molar-refractivity contribution in [3.8, 4) is 0 Å². The number of hydrogen-bond donors (Lipinski definition) is 1. The minimum absolute atomic E-state index is 0.0432. The number of likely N-dealkylation sites (tertiary alicyclic amines) is 1. The standard InChI is InChI=1S/C34H40FNO6/c1-20-12-27-26-13-23-16-36(17-28(39)22-8-6-5-7-9-22)19-33(23,30(41)18-42-21(2)37)32(26,4)15-29(40)34(27,35)31(3)11-10-24(38)14-25(20)31/h5-11,14,20,23,26-27,29,40H,12-13,15-19H2,1-4H3. The first kappa shape index (κ1) is 29.1. The third-order valence-electron chi connectivity index (χ3n) is 11.9. The first-order valence-corrected chi connectivity index (χ1v) is 15.1. The summed E-state index contributed by atoms with van der Waals surface area (Å²) < 4.78 is 23.0. The highest BCUT2D eigenvalue weighted by molar-refractivity contribution is 6.01. The van der Waals surface area contributed by atoms with Crippen molar-refractivity contribution in [2.75, 3.05) is 26.2 Å². The summed E-state index contributed by atoms with van der Waals surface area (Å²) in [7, 11) is 0. The summed E-state index contributed by atoms with van der Waals surface area (Å²) in [5.41, 5.74) is -3.61. The molecular formula is C34H40FNO6. The zero-order chi connectivity index (χ0) is 30.2. The van der Waals surface area contributed by atoms with Crippen LogP contribution in [0, 0.1) is 39.9 Å². The van der Waals surface area contributed by atoms with E-state index in [-0.39, 0.29) is 61.2 Å². The molecule has 3 saturated carbocycles. The van der Waals surface area contributed by atoms with Crippen molar-refractivity contribution < 1.29 is 33.4 Å². The first-order chi connectivity index (χ1) is 19.8. The number of ketones is 3. The van der Waals surface area contributed by atoms with E-state index in [4.69, 9.17) is 4.74 Å². The van der Waals surface area contributed by atoms with Crippen LogP contribution in [-0.4, -0.2) is 71.3 Å². The van der Waals surface area contributed by atoms with Crippen molar-refractivity contribution >= 4 is 23.3 Å². The van der Waals surface area contributed by atoms with E-state index < -0.39 is 39.9 Å². The number of ether oxygens (including phenoxy) is 1. The highest BCUT2D eigenvalue weighted by Gasteiger charge is 2.77. The number of Topliss-reactive ketones (excluding diaryl/α,β-unsaturated/α-hetero) is 2. The van der Waals surface area contributed by atoms with Crippen molar-refractivity contribution in [1.82, 2.24) is 4.90 Å². The molecule has 42 heavy (non-hydrogen) atoms. The lowest BCUT2D eigenvalue weighted by molar-refractivity contribution is -0.211. The van der Waals surface area contributed by atoms with Gasteiger partial charge in [-0.05, 0) is 61.5 Å². The minimum atomic E-state index is -2.01. The molecule has 4 aliphatic carbocycles. The van der Waals surface area contributed by atoms with Crippen molar-refractivity contribution in [2.45, 2.75) is 58.7 Å². The minimum Gasteiger partial charge on any atom is -0.458 e. The average molecular weight is 578 g/mol. The van der Waals surface area contributed by atoms with Gasteiger partial charge in [0.2, 0.25) is 0 Å². The number of allylic oxidation sites excluding steroid dienone is 4. The van der Waals surface area contributed by atoms with Crippen molar-refractivity contribution in [1.29, 1.82) is 0 Å². The Labute approximate surface area is 246 Å². The number of nitrogens with zero attached hydrogens (tertiary/aromatic N) is 1. The number of benzene rings is 1. The van der Waals surface area contributed by atoms with Crippen LogP contribution in [-0.2, 0) is 19.1 Å². The van der Waals surface area contributed by atoms with E-state index in [0.29, 0.717) is 24.9 Å². The van der Waals surface area contributed by atoms with Gasteiger partial charge in [-0.1, -0.05) is 55.8 Å². The van der Waals surface area contributed by atoms with Crippen LogP contribution in [0.2, 0.25) is 0 Å². The van der Waals surface area contributed by atoms with Gasteiger partial charge >= 0.3 is 5.97 Å². The topological polar surface area (TPSA) is 101 Å². The zero-order valence-corrected chi connectivity index (χ0v) is 24.8. The molecule has 1 aromatic rings. The molecular weight excluding hydrogens is 537 g/mol.